The van der Waals surface area contributed by atoms with E-state index >= 15 is 0 Å². The zero-order valence-corrected chi connectivity index (χ0v) is 11.3. The Morgan fingerprint density at radius 3 is 2.39 bits per heavy atom. The molecule has 0 radical (unpaired) electrons. The standard InChI is InChI=1S/C13H15ClN2O2/c1-8(7-15)12(13(14)16)10-5-4-9(17-2)6-11(10)18-3/h4-7,15-16H,1-3H3/b12-8-,15-7?,16-13?. The normalized spacial score (nSPS) is 11.6. The van der Waals surface area contributed by atoms with Crippen molar-refractivity contribution in [1.29, 1.82) is 10.8 Å². The number of halogens is 1. The van der Waals surface area contributed by atoms with Crippen molar-refractivity contribution in [2.45, 2.75) is 6.92 Å². The van der Waals surface area contributed by atoms with E-state index in [1.807, 2.05) is 0 Å². The zero-order valence-electron chi connectivity index (χ0n) is 10.5. The number of ether oxygens (including phenoxy) is 2. The summed E-state index contributed by atoms with van der Waals surface area (Å²) in [6.45, 7) is 1.73. The molecular weight excluding hydrogens is 252 g/mol. The van der Waals surface area contributed by atoms with E-state index in [-0.39, 0.29) is 5.17 Å². The second-order valence-electron chi connectivity index (χ2n) is 3.58. The average Bonchev–Trinajstić information content (AvgIpc) is 2.38. The van der Waals surface area contributed by atoms with Gasteiger partial charge in [-0.2, -0.15) is 0 Å². The summed E-state index contributed by atoms with van der Waals surface area (Å²) in [6, 6.07) is 5.23. The van der Waals surface area contributed by atoms with Crippen LogP contribution in [0, 0.1) is 10.8 Å². The Bertz CT molecular complexity index is 510. The van der Waals surface area contributed by atoms with Crippen LogP contribution in [0.2, 0.25) is 0 Å². The van der Waals surface area contributed by atoms with Gasteiger partial charge in [0.1, 0.15) is 16.7 Å². The minimum atomic E-state index is -0.125. The fourth-order valence-corrected chi connectivity index (χ4v) is 1.83. The van der Waals surface area contributed by atoms with Gasteiger partial charge >= 0.3 is 0 Å². The predicted molar refractivity (Wildman–Crippen MR) is 74.5 cm³/mol. The van der Waals surface area contributed by atoms with Crippen LogP contribution in [0.5, 0.6) is 11.5 Å². The van der Waals surface area contributed by atoms with Gasteiger partial charge in [0.15, 0.2) is 0 Å². The molecule has 0 atom stereocenters. The van der Waals surface area contributed by atoms with Crippen molar-refractivity contribution >= 4 is 28.6 Å². The molecule has 2 N–H and O–H groups in total. The molecule has 0 fully saturated rings. The highest BCUT2D eigenvalue weighted by molar-refractivity contribution is 6.75. The molecule has 18 heavy (non-hydrogen) atoms. The third kappa shape index (κ3) is 2.90. The van der Waals surface area contributed by atoms with E-state index in [0.29, 0.717) is 28.2 Å². The summed E-state index contributed by atoms with van der Waals surface area (Å²) in [6.07, 6.45) is 1.16. The summed E-state index contributed by atoms with van der Waals surface area (Å²) >= 11 is 5.79. The lowest BCUT2D eigenvalue weighted by Crippen LogP contribution is -2.00. The fraction of sp³-hybridized carbons (Fsp3) is 0.231. The Kier molecular flexibility index (Phi) is 4.92. The van der Waals surface area contributed by atoms with Crippen molar-refractivity contribution in [2.75, 3.05) is 14.2 Å². The highest BCUT2D eigenvalue weighted by atomic mass is 35.5. The molecule has 0 bridgehead atoms. The monoisotopic (exact) mass is 266 g/mol. The summed E-state index contributed by atoms with van der Waals surface area (Å²) in [7, 11) is 3.10. The zero-order chi connectivity index (χ0) is 13.7. The van der Waals surface area contributed by atoms with Crippen LogP contribution in [0.25, 0.3) is 5.57 Å². The van der Waals surface area contributed by atoms with Crippen LogP contribution in [0.4, 0.5) is 0 Å². The van der Waals surface area contributed by atoms with Crippen LogP contribution >= 0.6 is 11.6 Å². The number of rotatable bonds is 5. The minimum absolute atomic E-state index is 0.125. The summed E-state index contributed by atoms with van der Waals surface area (Å²) in [4.78, 5) is 0. The SMILES string of the molecule is COc1ccc(/C(C(=N)Cl)=C(\C)C=N)c(OC)c1. The number of hydrogen-bond acceptors (Lipinski definition) is 4. The Labute approximate surface area is 111 Å². The molecule has 0 amide bonds. The summed E-state index contributed by atoms with van der Waals surface area (Å²) in [5.41, 5.74) is 1.74. The second-order valence-corrected chi connectivity index (χ2v) is 3.96. The molecule has 0 aliphatic rings. The van der Waals surface area contributed by atoms with Crippen molar-refractivity contribution in [3.63, 3.8) is 0 Å². The Morgan fingerprint density at radius 1 is 1.28 bits per heavy atom. The van der Waals surface area contributed by atoms with Crippen molar-refractivity contribution in [2.24, 2.45) is 0 Å². The molecule has 0 spiro atoms. The third-order valence-electron chi connectivity index (χ3n) is 2.51. The predicted octanol–water partition coefficient (Wildman–Crippen LogP) is 3.34. The van der Waals surface area contributed by atoms with Crippen LogP contribution in [0.15, 0.2) is 23.8 Å². The van der Waals surface area contributed by atoms with Crippen molar-refractivity contribution in [3.05, 3.63) is 29.3 Å². The quantitative estimate of drug-likeness (QED) is 0.803. The van der Waals surface area contributed by atoms with E-state index in [1.165, 1.54) is 7.11 Å². The Hall–Kier alpha value is -1.81. The van der Waals surface area contributed by atoms with Crippen LogP contribution < -0.4 is 9.47 Å². The molecule has 5 heteroatoms. The molecule has 0 aliphatic carbocycles. The van der Waals surface area contributed by atoms with E-state index in [2.05, 4.69) is 0 Å². The van der Waals surface area contributed by atoms with Gasteiger partial charge in [-0.1, -0.05) is 11.6 Å². The number of methoxy groups -OCH3 is 2. The Morgan fingerprint density at radius 2 is 1.94 bits per heavy atom. The maximum Gasteiger partial charge on any atom is 0.130 e. The van der Waals surface area contributed by atoms with Crippen LogP contribution in [0.3, 0.4) is 0 Å². The molecular formula is C13H15ClN2O2. The highest BCUT2D eigenvalue weighted by Crippen LogP contribution is 2.32. The van der Waals surface area contributed by atoms with Crippen LogP contribution in [-0.4, -0.2) is 25.6 Å². The molecule has 0 saturated carbocycles. The largest absolute Gasteiger partial charge is 0.497 e. The number of hydrogen-bond donors (Lipinski definition) is 2. The van der Waals surface area contributed by atoms with E-state index in [1.54, 1.807) is 32.2 Å². The maximum atomic E-state index is 7.61. The van der Waals surface area contributed by atoms with Gasteiger partial charge in [0.05, 0.1) is 14.2 Å². The second kappa shape index (κ2) is 6.21. The van der Waals surface area contributed by atoms with E-state index in [9.17, 15) is 0 Å². The molecule has 1 aromatic carbocycles. The molecule has 0 aliphatic heterocycles. The molecule has 0 heterocycles. The minimum Gasteiger partial charge on any atom is -0.497 e. The first-order chi connectivity index (χ1) is 8.54. The van der Waals surface area contributed by atoms with Gasteiger partial charge in [-0.3, -0.25) is 5.41 Å². The molecule has 1 aromatic rings. The number of benzene rings is 1. The molecule has 0 saturated heterocycles. The van der Waals surface area contributed by atoms with Crippen molar-refractivity contribution in [3.8, 4) is 11.5 Å². The average molecular weight is 267 g/mol. The molecule has 0 aromatic heterocycles. The van der Waals surface area contributed by atoms with Gasteiger partial charge in [-0.15, -0.1) is 0 Å². The fourth-order valence-electron chi connectivity index (χ4n) is 1.58. The van der Waals surface area contributed by atoms with Crippen LogP contribution in [0.1, 0.15) is 12.5 Å². The topological polar surface area (TPSA) is 66.2 Å². The lowest BCUT2D eigenvalue weighted by molar-refractivity contribution is 0.393. The highest BCUT2D eigenvalue weighted by Gasteiger charge is 2.15. The van der Waals surface area contributed by atoms with Gasteiger partial charge in [0.2, 0.25) is 0 Å². The molecule has 1 rings (SSSR count). The van der Waals surface area contributed by atoms with Gasteiger partial charge in [-0.05, 0) is 24.6 Å². The summed E-state index contributed by atoms with van der Waals surface area (Å²) in [5, 5.41) is 14.8. The van der Waals surface area contributed by atoms with E-state index in [4.69, 9.17) is 31.9 Å². The van der Waals surface area contributed by atoms with Crippen molar-refractivity contribution < 1.29 is 9.47 Å². The third-order valence-corrected chi connectivity index (χ3v) is 2.70. The lowest BCUT2D eigenvalue weighted by atomic mass is 10.0. The number of nitrogens with one attached hydrogen (secondary N) is 2. The van der Waals surface area contributed by atoms with E-state index in [0.717, 1.165) is 6.21 Å². The first-order valence-electron chi connectivity index (χ1n) is 5.23. The first kappa shape index (κ1) is 14.3. The smallest absolute Gasteiger partial charge is 0.130 e. The van der Waals surface area contributed by atoms with E-state index < -0.39 is 0 Å². The molecule has 0 unspecified atom stereocenters. The maximum absolute atomic E-state index is 7.61. The first-order valence-corrected chi connectivity index (χ1v) is 5.61. The van der Waals surface area contributed by atoms with Gasteiger partial charge in [-0.25, -0.2) is 0 Å². The molecule has 96 valence electrons. The lowest BCUT2D eigenvalue weighted by Gasteiger charge is -2.13. The van der Waals surface area contributed by atoms with Crippen LogP contribution in [-0.2, 0) is 0 Å². The summed E-state index contributed by atoms with van der Waals surface area (Å²) < 4.78 is 10.4. The molecule has 4 nitrogen and oxygen atoms in total. The Balaban J connectivity index is 3.47. The van der Waals surface area contributed by atoms with Gasteiger partial charge in [0.25, 0.3) is 0 Å². The van der Waals surface area contributed by atoms with Gasteiger partial charge < -0.3 is 14.9 Å². The van der Waals surface area contributed by atoms with Gasteiger partial charge in [0, 0.05) is 23.4 Å². The summed E-state index contributed by atoms with van der Waals surface area (Å²) in [5.74, 6) is 1.21. The number of allylic oxidation sites excluding steroid dienone is 2. The van der Waals surface area contributed by atoms with Crippen molar-refractivity contribution in [1.82, 2.24) is 0 Å².